The van der Waals surface area contributed by atoms with E-state index in [0.717, 1.165) is 29.8 Å². The summed E-state index contributed by atoms with van der Waals surface area (Å²) in [6.07, 6.45) is 4.47. The predicted octanol–water partition coefficient (Wildman–Crippen LogP) is 0.409. The average Bonchev–Trinajstić information content (AvgIpc) is 3.28. The molecule has 0 spiro atoms. The number of carbonyl (C=O) groups excluding carboxylic acids is 3. The summed E-state index contributed by atoms with van der Waals surface area (Å²) in [5.41, 5.74) is 5.10. The molecule has 0 bridgehead atoms. The lowest BCUT2D eigenvalue weighted by molar-refractivity contribution is -0.129. The molecule has 1 saturated heterocycles. The molecule has 2 fully saturated rings. The normalized spacial score (nSPS) is 27.2. The van der Waals surface area contributed by atoms with Gasteiger partial charge in [-0.2, -0.15) is 10.2 Å². The number of likely N-dealkylation sites (tertiary alicyclic amines) is 1. The molecule has 3 heterocycles. The maximum atomic E-state index is 13.0. The summed E-state index contributed by atoms with van der Waals surface area (Å²) in [6.45, 7) is 4.14. The standard InChI is InChI=1S/C19H26N6O3/c1-10-13(19(28)23-22-10)6-7-20-18(27)14-8-16(26)25(12-4-5-12)17(14)15-9-21-24(3)11(15)2/h9,12-14,17H,4-8H2,1-3H3,(H,20,27)(H,23,28)/t13?,14-,17-/m1/s1. The highest BCUT2D eigenvalue weighted by Crippen LogP contribution is 2.45. The Labute approximate surface area is 163 Å². The van der Waals surface area contributed by atoms with Crippen LogP contribution < -0.4 is 10.7 Å². The molecular weight excluding hydrogens is 360 g/mol. The second-order valence-electron chi connectivity index (χ2n) is 7.96. The molecule has 1 unspecified atom stereocenters. The van der Waals surface area contributed by atoms with Crippen LogP contribution in [0.25, 0.3) is 0 Å². The lowest BCUT2D eigenvalue weighted by atomic mass is 9.92. The third-order valence-corrected chi connectivity index (χ3v) is 6.13. The van der Waals surface area contributed by atoms with E-state index in [-0.39, 0.29) is 42.1 Å². The van der Waals surface area contributed by atoms with Gasteiger partial charge in [0.05, 0.1) is 24.1 Å². The second kappa shape index (κ2) is 7.03. The fourth-order valence-corrected chi connectivity index (χ4v) is 4.25. The molecule has 3 atom stereocenters. The monoisotopic (exact) mass is 386 g/mol. The van der Waals surface area contributed by atoms with E-state index >= 15 is 0 Å². The number of amides is 3. The molecule has 2 N–H and O–H groups in total. The lowest BCUT2D eigenvalue weighted by Crippen LogP contribution is -2.38. The quantitative estimate of drug-likeness (QED) is 0.738. The van der Waals surface area contributed by atoms with Gasteiger partial charge in [-0.3, -0.25) is 19.1 Å². The summed E-state index contributed by atoms with van der Waals surface area (Å²) in [5.74, 6) is -0.980. The summed E-state index contributed by atoms with van der Waals surface area (Å²) < 4.78 is 1.78. The summed E-state index contributed by atoms with van der Waals surface area (Å²) in [7, 11) is 1.86. The van der Waals surface area contributed by atoms with Crippen LogP contribution in [-0.4, -0.2) is 50.7 Å². The Morgan fingerprint density at radius 3 is 2.64 bits per heavy atom. The smallest absolute Gasteiger partial charge is 0.248 e. The number of carbonyl (C=O) groups is 3. The number of hydrogen-bond donors (Lipinski definition) is 2. The van der Waals surface area contributed by atoms with Gasteiger partial charge in [0.25, 0.3) is 0 Å². The maximum absolute atomic E-state index is 13.0. The molecule has 1 aromatic heterocycles. The molecule has 9 heteroatoms. The Morgan fingerprint density at radius 1 is 1.32 bits per heavy atom. The molecule has 1 aromatic rings. The Balaban J connectivity index is 1.47. The number of hydrazone groups is 1. The number of hydrogen-bond acceptors (Lipinski definition) is 5. The van der Waals surface area contributed by atoms with Crippen molar-refractivity contribution in [3.63, 3.8) is 0 Å². The van der Waals surface area contributed by atoms with Crippen molar-refractivity contribution in [1.82, 2.24) is 25.4 Å². The van der Waals surface area contributed by atoms with Crippen molar-refractivity contribution in [2.75, 3.05) is 6.54 Å². The molecule has 1 saturated carbocycles. The van der Waals surface area contributed by atoms with Gasteiger partial charge in [-0.05, 0) is 33.1 Å². The van der Waals surface area contributed by atoms with Gasteiger partial charge >= 0.3 is 0 Å². The number of aromatic nitrogens is 2. The van der Waals surface area contributed by atoms with E-state index in [2.05, 4.69) is 20.9 Å². The molecule has 0 aromatic carbocycles. The van der Waals surface area contributed by atoms with E-state index in [9.17, 15) is 14.4 Å². The van der Waals surface area contributed by atoms with Gasteiger partial charge in [-0.1, -0.05) is 0 Å². The molecule has 3 aliphatic rings. The second-order valence-corrected chi connectivity index (χ2v) is 7.96. The first-order chi connectivity index (χ1) is 13.4. The van der Waals surface area contributed by atoms with Gasteiger partial charge in [0.2, 0.25) is 17.7 Å². The first kappa shape index (κ1) is 18.6. The van der Waals surface area contributed by atoms with Crippen LogP contribution in [-0.2, 0) is 21.4 Å². The summed E-state index contributed by atoms with van der Waals surface area (Å²) in [4.78, 5) is 39.3. The lowest BCUT2D eigenvalue weighted by Gasteiger charge is -2.28. The minimum atomic E-state index is -0.442. The average molecular weight is 386 g/mol. The van der Waals surface area contributed by atoms with Crippen LogP contribution in [0.5, 0.6) is 0 Å². The zero-order valence-electron chi connectivity index (χ0n) is 16.4. The van der Waals surface area contributed by atoms with E-state index in [0.29, 0.717) is 13.0 Å². The number of nitrogens with zero attached hydrogens (tertiary/aromatic N) is 4. The van der Waals surface area contributed by atoms with Crippen LogP contribution in [0, 0.1) is 18.8 Å². The van der Waals surface area contributed by atoms with Gasteiger partial charge < -0.3 is 10.2 Å². The van der Waals surface area contributed by atoms with Crippen molar-refractivity contribution in [3.05, 3.63) is 17.5 Å². The van der Waals surface area contributed by atoms with Gasteiger partial charge in [-0.25, -0.2) is 5.43 Å². The predicted molar refractivity (Wildman–Crippen MR) is 101 cm³/mol. The summed E-state index contributed by atoms with van der Waals surface area (Å²) in [6, 6.07) is -0.0391. The van der Waals surface area contributed by atoms with Crippen molar-refractivity contribution in [2.45, 2.75) is 51.6 Å². The van der Waals surface area contributed by atoms with Crippen LogP contribution >= 0.6 is 0 Å². The van der Waals surface area contributed by atoms with Crippen molar-refractivity contribution >= 4 is 23.4 Å². The van der Waals surface area contributed by atoms with Crippen molar-refractivity contribution in [1.29, 1.82) is 0 Å². The number of aryl methyl sites for hydroxylation is 1. The van der Waals surface area contributed by atoms with Crippen molar-refractivity contribution in [2.24, 2.45) is 24.0 Å². The molecule has 150 valence electrons. The van der Waals surface area contributed by atoms with E-state index in [1.54, 1.807) is 17.8 Å². The Bertz CT molecular complexity index is 856. The minimum absolute atomic E-state index is 0.0362. The highest BCUT2D eigenvalue weighted by Gasteiger charge is 2.50. The highest BCUT2D eigenvalue weighted by atomic mass is 16.2. The van der Waals surface area contributed by atoms with Crippen molar-refractivity contribution in [3.8, 4) is 0 Å². The fraction of sp³-hybridized carbons (Fsp3) is 0.632. The van der Waals surface area contributed by atoms with Gasteiger partial charge in [0.15, 0.2) is 0 Å². The number of nitrogens with one attached hydrogen (secondary N) is 2. The molecule has 2 aliphatic heterocycles. The third kappa shape index (κ3) is 3.18. The Morgan fingerprint density at radius 2 is 2.07 bits per heavy atom. The van der Waals surface area contributed by atoms with Crippen LogP contribution in [0.2, 0.25) is 0 Å². The number of rotatable bonds is 6. The van der Waals surface area contributed by atoms with E-state index in [1.807, 2.05) is 18.9 Å². The van der Waals surface area contributed by atoms with Crippen molar-refractivity contribution < 1.29 is 14.4 Å². The highest BCUT2D eigenvalue weighted by molar-refractivity contribution is 6.06. The first-order valence-electron chi connectivity index (χ1n) is 9.80. The molecule has 28 heavy (non-hydrogen) atoms. The fourth-order valence-electron chi connectivity index (χ4n) is 4.25. The van der Waals surface area contributed by atoms with Crippen LogP contribution in [0.1, 0.15) is 49.9 Å². The minimum Gasteiger partial charge on any atom is -0.356 e. The Kier molecular flexibility index (Phi) is 4.68. The topological polar surface area (TPSA) is 109 Å². The Hall–Kier alpha value is -2.71. The maximum Gasteiger partial charge on any atom is 0.248 e. The summed E-state index contributed by atoms with van der Waals surface area (Å²) >= 11 is 0. The first-order valence-corrected chi connectivity index (χ1v) is 9.80. The molecule has 3 amide bonds. The SMILES string of the molecule is CC1=NNC(=O)C1CCNC(=O)[C@@H]1CC(=O)N(C2CC2)[C@H]1c1cnn(C)c1C. The van der Waals surface area contributed by atoms with E-state index in [4.69, 9.17) is 0 Å². The van der Waals surface area contributed by atoms with Crippen LogP contribution in [0.4, 0.5) is 0 Å². The van der Waals surface area contributed by atoms with Crippen LogP contribution in [0.3, 0.4) is 0 Å². The summed E-state index contributed by atoms with van der Waals surface area (Å²) in [5, 5.41) is 11.2. The van der Waals surface area contributed by atoms with Gasteiger partial charge in [-0.15, -0.1) is 0 Å². The van der Waals surface area contributed by atoms with E-state index in [1.165, 1.54) is 0 Å². The molecule has 4 rings (SSSR count). The van der Waals surface area contributed by atoms with E-state index < -0.39 is 5.92 Å². The van der Waals surface area contributed by atoms with Gasteiger partial charge in [0, 0.05) is 43.0 Å². The molecular formula is C19H26N6O3. The largest absolute Gasteiger partial charge is 0.356 e. The van der Waals surface area contributed by atoms with Gasteiger partial charge in [0.1, 0.15) is 0 Å². The third-order valence-electron chi connectivity index (χ3n) is 6.13. The van der Waals surface area contributed by atoms with Crippen LogP contribution in [0.15, 0.2) is 11.3 Å². The molecule has 0 radical (unpaired) electrons. The molecule has 9 nitrogen and oxygen atoms in total. The molecule has 1 aliphatic carbocycles. The zero-order valence-corrected chi connectivity index (χ0v) is 16.4. The zero-order chi connectivity index (χ0) is 20.0.